The monoisotopic (exact) mass is 299 g/mol. The van der Waals surface area contributed by atoms with Gasteiger partial charge >= 0.3 is 0 Å². The first kappa shape index (κ1) is 14.6. The van der Waals surface area contributed by atoms with E-state index in [4.69, 9.17) is 4.74 Å². The minimum Gasteiger partial charge on any atom is -0.366 e. The maximum absolute atomic E-state index is 5.72. The van der Waals surface area contributed by atoms with Crippen molar-refractivity contribution in [2.24, 2.45) is 0 Å². The molecule has 0 bridgehead atoms. The molecule has 0 aromatic heterocycles. The van der Waals surface area contributed by atoms with Crippen molar-refractivity contribution >= 4 is 11.8 Å². The topological polar surface area (TPSA) is 21.3 Å². The standard InChI is InChI=1S/C18H21NOS/c1-2-5-15(6-3-1)13-20-14-21-18-8-4-7-16(11-18)12-19-17-9-10-17/h1-8,11,17,19H,9-10,12-14H2. The van der Waals surface area contributed by atoms with Gasteiger partial charge in [0, 0.05) is 17.5 Å². The number of thioether (sulfide) groups is 1. The summed E-state index contributed by atoms with van der Waals surface area (Å²) in [6, 6.07) is 19.8. The van der Waals surface area contributed by atoms with E-state index in [0.717, 1.165) is 12.6 Å². The van der Waals surface area contributed by atoms with Crippen molar-refractivity contribution in [2.45, 2.75) is 36.9 Å². The summed E-state index contributed by atoms with van der Waals surface area (Å²) in [6.45, 7) is 1.65. The van der Waals surface area contributed by atoms with E-state index < -0.39 is 0 Å². The van der Waals surface area contributed by atoms with Gasteiger partial charge < -0.3 is 10.1 Å². The molecule has 1 fully saturated rings. The van der Waals surface area contributed by atoms with Crippen LogP contribution in [0.25, 0.3) is 0 Å². The predicted octanol–water partition coefficient (Wildman–Crippen LogP) is 4.21. The van der Waals surface area contributed by atoms with Gasteiger partial charge in [-0.05, 0) is 36.1 Å². The van der Waals surface area contributed by atoms with Crippen LogP contribution in [0.4, 0.5) is 0 Å². The van der Waals surface area contributed by atoms with Crippen LogP contribution >= 0.6 is 11.8 Å². The van der Waals surface area contributed by atoms with Crippen molar-refractivity contribution in [1.29, 1.82) is 0 Å². The molecule has 1 N–H and O–H groups in total. The van der Waals surface area contributed by atoms with E-state index in [1.54, 1.807) is 11.8 Å². The predicted molar refractivity (Wildman–Crippen MR) is 88.3 cm³/mol. The first-order chi connectivity index (χ1) is 10.4. The fourth-order valence-corrected chi connectivity index (χ4v) is 2.85. The second-order valence-electron chi connectivity index (χ2n) is 5.40. The average molecular weight is 299 g/mol. The lowest BCUT2D eigenvalue weighted by molar-refractivity contribution is 0.169. The van der Waals surface area contributed by atoms with Gasteiger partial charge in [-0.2, -0.15) is 0 Å². The molecule has 0 atom stereocenters. The SMILES string of the molecule is c1ccc(COCSc2cccc(CNC3CC3)c2)cc1. The van der Waals surface area contributed by atoms with E-state index >= 15 is 0 Å². The quantitative estimate of drug-likeness (QED) is 0.448. The lowest BCUT2D eigenvalue weighted by Gasteiger charge is -2.07. The Morgan fingerprint density at radius 1 is 1.00 bits per heavy atom. The molecule has 0 unspecified atom stereocenters. The summed E-state index contributed by atoms with van der Waals surface area (Å²) in [6.07, 6.45) is 2.67. The van der Waals surface area contributed by atoms with Gasteiger partial charge in [-0.3, -0.25) is 0 Å². The van der Waals surface area contributed by atoms with Crippen LogP contribution in [-0.2, 0) is 17.9 Å². The van der Waals surface area contributed by atoms with E-state index in [2.05, 4.69) is 41.7 Å². The molecule has 0 amide bonds. The molecule has 0 aliphatic heterocycles. The van der Waals surface area contributed by atoms with Crippen LogP contribution in [0.15, 0.2) is 59.5 Å². The molecule has 1 saturated carbocycles. The third kappa shape index (κ3) is 5.20. The van der Waals surface area contributed by atoms with Crippen LogP contribution in [0.3, 0.4) is 0 Å². The van der Waals surface area contributed by atoms with Gasteiger partial charge in [0.1, 0.15) is 0 Å². The zero-order valence-corrected chi connectivity index (χ0v) is 12.9. The molecule has 2 aromatic carbocycles. The molecule has 0 heterocycles. The largest absolute Gasteiger partial charge is 0.366 e. The van der Waals surface area contributed by atoms with E-state index in [0.29, 0.717) is 12.5 Å². The molecular formula is C18H21NOS. The summed E-state index contributed by atoms with van der Waals surface area (Å²) in [5.74, 6) is 0.689. The molecule has 3 heteroatoms. The van der Waals surface area contributed by atoms with Crippen molar-refractivity contribution < 1.29 is 4.74 Å². The molecule has 0 radical (unpaired) electrons. The molecule has 21 heavy (non-hydrogen) atoms. The van der Waals surface area contributed by atoms with Crippen molar-refractivity contribution in [3.05, 3.63) is 65.7 Å². The Morgan fingerprint density at radius 3 is 2.62 bits per heavy atom. The zero-order chi connectivity index (χ0) is 14.3. The molecule has 2 aromatic rings. The fourth-order valence-electron chi connectivity index (χ4n) is 2.14. The molecule has 1 aliphatic rings. The molecule has 0 spiro atoms. The first-order valence-electron chi connectivity index (χ1n) is 7.47. The molecular weight excluding hydrogens is 278 g/mol. The maximum atomic E-state index is 5.72. The van der Waals surface area contributed by atoms with E-state index in [1.165, 1.54) is 28.9 Å². The van der Waals surface area contributed by atoms with Gasteiger partial charge in [0.05, 0.1) is 12.5 Å². The van der Waals surface area contributed by atoms with Crippen molar-refractivity contribution in [3.8, 4) is 0 Å². The number of rotatable bonds is 8. The Morgan fingerprint density at radius 2 is 1.81 bits per heavy atom. The number of hydrogen-bond acceptors (Lipinski definition) is 3. The van der Waals surface area contributed by atoms with Crippen LogP contribution in [0.2, 0.25) is 0 Å². The van der Waals surface area contributed by atoms with Crippen LogP contribution in [0.1, 0.15) is 24.0 Å². The Labute approximate surface area is 130 Å². The minimum absolute atomic E-state index is 0.677. The van der Waals surface area contributed by atoms with Gasteiger partial charge in [0.2, 0.25) is 0 Å². The van der Waals surface area contributed by atoms with Gasteiger partial charge in [-0.25, -0.2) is 0 Å². The van der Waals surface area contributed by atoms with E-state index in [-0.39, 0.29) is 0 Å². The minimum atomic E-state index is 0.677. The Hall–Kier alpha value is -1.29. The molecule has 2 nitrogen and oxygen atoms in total. The summed E-state index contributed by atoms with van der Waals surface area (Å²) in [4.78, 5) is 1.28. The second-order valence-corrected chi connectivity index (χ2v) is 6.39. The summed E-state index contributed by atoms with van der Waals surface area (Å²) >= 11 is 1.75. The molecule has 1 aliphatic carbocycles. The summed E-state index contributed by atoms with van der Waals surface area (Å²) in [5.41, 5.74) is 2.58. The second kappa shape index (κ2) is 7.64. The third-order valence-electron chi connectivity index (χ3n) is 3.49. The number of hydrogen-bond donors (Lipinski definition) is 1. The smallest absolute Gasteiger partial charge is 0.0971 e. The van der Waals surface area contributed by atoms with E-state index in [9.17, 15) is 0 Å². The summed E-state index contributed by atoms with van der Waals surface area (Å²) < 4.78 is 5.72. The lowest BCUT2D eigenvalue weighted by atomic mass is 10.2. The van der Waals surface area contributed by atoms with Gasteiger partial charge in [-0.15, -0.1) is 0 Å². The normalized spacial score (nSPS) is 14.3. The Kier molecular flexibility index (Phi) is 5.33. The zero-order valence-electron chi connectivity index (χ0n) is 12.1. The number of nitrogens with one attached hydrogen (secondary N) is 1. The van der Waals surface area contributed by atoms with Crippen LogP contribution in [0, 0.1) is 0 Å². The van der Waals surface area contributed by atoms with Crippen LogP contribution < -0.4 is 5.32 Å². The number of ether oxygens (including phenoxy) is 1. The third-order valence-corrected chi connectivity index (χ3v) is 4.36. The van der Waals surface area contributed by atoms with Crippen LogP contribution in [-0.4, -0.2) is 12.0 Å². The van der Waals surface area contributed by atoms with Crippen molar-refractivity contribution in [3.63, 3.8) is 0 Å². The van der Waals surface area contributed by atoms with Crippen molar-refractivity contribution in [1.82, 2.24) is 5.32 Å². The number of benzene rings is 2. The summed E-state index contributed by atoms with van der Waals surface area (Å²) in [7, 11) is 0. The molecule has 3 rings (SSSR count). The average Bonchev–Trinajstić information content (AvgIpc) is 3.35. The Balaban J connectivity index is 1.41. The van der Waals surface area contributed by atoms with Gasteiger partial charge in [-0.1, -0.05) is 54.2 Å². The fraction of sp³-hybridized carbons (Fsp3) is 0.333. The maximum Gasteiger partial charge on any atom is 0.0971 e. The van der Waals surface area contributed by atoms with E-state index in [1.807, 2.05) is 18.2 Å². The first-order valence-corrected chi connectivity index (χ1v) is 8.45. The Bertz CT molecular complexity index is 554. The highest BCUT2D eigenvalue weighted by atomic mass is 32.2. The highest BCUT2D eigenvalue weighted by Crippen LogP contribution is 2.22. The lowest BCUT2D eigenvalue weighted by Crippen LogP contribution is -2.15. The van der Waals surface area contributed by atoms with Gasteiger partial charge in [0.25, 0.3) is 0 Å². The summed E-state index contributed by atoms with van der Waals surface area (Å²) in [5, 5.41) is 3.55. The molecule has 110 valence electrons. The van der Waals surface area contributed by atoms with Crippen molar-refractivity contribution in [2.75, 3.05) is 5.94 Å². The highest BCUT2D eigenvalue weighted by molar-refractivity contribution is 7.99. The van der Waals surface area contributed by atoms with Gasteiger partial charge in [0.15, 0.2) is 0 Å². The highest BCUT2D eigenvalue weighted by Gasteiger charge is 2.19. The molecule has 0 saturated heterocycles. The van der Waals surface area contributed by atoms with Crippen LogP contribution in [0.5, 0.6) is 0 Å².